The highest BCUT2D eigenvalue weighted by Gasteiger charge is 2.33. The molecular formula is C22H43N5O6. The van der Waals surface area contributed by atoms with Gasteiger partial charge in [0.1, 0.15) is 18.1 Å². The number of nitrogens with one attached hydrogen (secondary N) is 3. The van der Waals surface area contributed by atoms with Gasteiger partial charge in [0.15, 0.2) is 0 Å². The fraction of sp³-hybridized carbons (Fsp3) is 0.818. The van der Waals surface area contributed by atoms with Crippen molar-refractivity contribution in [2.75, 3.05) is 6.54 Å². The highest BCUT2D eigenvalue weighted by Crippen LogP contribution is 2.09. The lowest BCUT2D eigenvalue weighted by Gasteiger charge is -2.27. The summed E-state index contributed by atoms with van der Waals surface area (Å²) in [6.45, 7) is 9.09. The van der Waals surface area contributed by atoms with E-state index in [1.54, 1.807) is 6.92 Å². The lowest BCUT2D eigenvalue weighted by atomic mass is 9.98. The van der Waals surface area contributed by atoms with E-state index in [-0.39, 0.29) is 24.7 Å². The van der Waals surface area contributed by atoms with E-state index in [1.165, 1.54) is 6.92 Å². The minimum atomic E-state index is -1.33. The number of carboxylic acid groups (broad SMARTS) is 1. The Bertz CT molecular complexity index is 643. The van der Waals surface area contributed by atoms with Crippen LogP contribution in [-0.2, 0) is 19.2 Å². The number of carbonyl (C=O) groups excluding carboxylic acids is 3. The van der Waals surface area contributed by atoms with E-state index in [2.05, 4.69) is 16.0 Å². The lowest BCUT2D eigenvalue weighted by Crippen LogP contribution is -2.60. The maximum atomic E-state index is 12.9. The predicted octanol–water partition coefficient (Wildman–Crippen LogP) is -0.545. The van der Waals surface area contributed by atoms with Crippen LogP contribution < -0.4 is 27.4 Å². The van der Waals surface area contributed by atoms with E-state index in [1.807, 2.05) is 20.8 Å². The zero-order chi connectivity index (χ0) is 25.7. The van der Waals surface area contributed by atoms with Gasteiger partial charge in [-0.1, -0.05) is 34.1 Å². The first kappa shape index (κ1) is 30.8. The van der Waals surface area contributed by atoms with Crippen LogP contribution in [0.25, 0.3) is 0 Å². The number of hydrogen-bond donors (Lipinski definition) is 7. The molecule has 0 aliphatic rings. The summed E-state index contributed by atoms with van der Waals surface area (Å²) in [7, 11) is 0. The first-order valence-corrected chi connectivity index (χ1v) is 11.6. The highest BCUT2D eigenvalue weighted by molar-refractivity contribution is 5.94. The van der Waals surface area contributed by atoms with Crippen molar-refractivity contribution in [2.45, 2.75) is 97.0 Å². The molecule has 0 aromatic heterocycles. The van der Waals surface area contributed by atoms with Gasteiger partial charge in [-0.2, -0.15) is 0 Å². The Morgan fingerprint density at radius 1 is 0.879 bits per heavy atom. The lowest BCUT2D eigenvalue weighted by molar-refractivity contribution is -0.143. The Kier molecular flexibility index (Phi) is 14.5. The molecule has 0 aromatic rings. The molecule has 0 spiro atoms. The third-order valence-electron chi connectivity index (χ3n) is 5.52. The van der Waals surface area contributed by atoms with Crippen LogP contribution in [0.5, 0.6) is 0 Å². The summed E-state index contributed by atoms with van der Waals surface area (Å²) >= 11 is 0. The molecule has 0 aliphatic heterocycles. The van der Waals surface area contributed by atoms with Crippen molar-refractivity contribution in [3.05, 3.63) is 0 Å². The number of aliphatic carboxylic acids is 1. The average Bonchev–Trinajstić information content (AvgIpc) is 2.74. The number of amides is 3. The Hall–Kier alpha value is -2.24. The third-order valence-corrected chi connectivity index (χ3v) is 5.52. The molecule has 6 unspecified atom stereocenters. The van der Waals surface area contributed by atoms with Gasteiger partial charge in [0.05, 0.1) is 12.1 Å². The second kappa shape index (κ2) is 15.6. The summed E-state index contributed by atoms with van der Waals surface area (Å²) in [6.07, 6.45) is 0.971. The molecule has 0 saturated carbocycles. The minimum absolute atomic E-state index is 0.0289. The number of nitrogens with two attached hydrogens (primary N) is 2. The SMILES string of the molecule is CCC(C)C(N)C(=O)NC(C(=O)NC(CCCCN)C(=O)NC(CC(C)C)C(=O)O)C(C)O. The van der Waals surface area contributed by atoms with Crippen molar-refractivity contribution >= 4 is 23.7 Å². The molecule has 0 heterocycles. The first-order chi connectivity index (χ1) is 15.3. The van der Waals surface area contributed by atoms with Crippen LogP contribution in [0, 0.1) is 11.8 Å². The number of unbranched alkanes of at least 4 members (excludes halogenated alkanes) is 1. The van der Waals surface area contributed by atoms with Crippen molar-refractivity contribution in [1.29, 1.82) is 0 Å². The number of rotatable bonds is 16. The molecular weight excluding hydrogens is 430 g/mol. The number of carboxylic acids is 1. The van der Waals surface area contributed by atoms with Crippen LogP contribution in [0.15, 0.2) is 0 Å². The quantitative estimate of drug-likeness (QED) is 0.145. The van der Waals surface area contributed by atoms with Crippen molar-refractivity contribution in [2.24, 2.45) is 23.3 Å². The van der Waals surface area contributed by atoms with E-state index < -0.39 is 54.0 Å². The molecule has 0 radical (unpaired) electrons. The van der Waals surface area contributed by atoms with E-state index in [4.69, 9.17) is 11.5 Å². The number of aliphatic hydroxyl groups excluding tert-OH is 1. The summed E-state index contributed by atoms with van der Waals surface area (Å²) in [6, 6.07) is -4.35. The molecule has 192 valence electrons. The zero-order valence-electron chi connectivity index (χ0n) is 20.5. The van der Waals surface area contributed by atoms with Crippen LogP contribution in [0.2, 0.25) is 0 Å². The summed E-state index contributed by atoms with van der Waals surface area (Å²) in [5.74, 6) is -3.28. The van der Waals surface area contributed by atoms with Crippen LogP contribution in [0.1, 0.15) is 66.7 Å². The van der Waals surface area contributed by atoms with E-state index in [0.29, 0.717) is 25.8 Å². The fourth-order valence-corrected chi connectivity index (χ4v) is 3.16. The second-order valence-corrected chi connectivity index (χ2v) is 9.01. The summed E-state index contributed by atoms with van der Waals surface area (Å²) in [5.41, 5.74) is 11.4. The molecule has 9 N–H and O–H groups in total. The normalized spacial score (nSPS) is 16.8. The van der Waals surface area contributed by atoms with Crippen LogP contribution in [-0.4, -0.2) is 70.7 Å². The van der Waals surface area contributed by atoms with E-state index >= 15 is 0 Å². The Balaban J connectivity index is 5.47. The molecule has 11 nitrogen and oxygen atoms in total. The molecule has 0 bridgehead atoms. The minimum Gasteiger partial charge on any atom is -0.480 e. The van der Waals surface area contributed by atoms with E-state index in [0.717, 1.165) is 0 Å². The van der Waals surface area contributed by atoms with Gasteiger partial charge >= 0.3 is 5.97 Å². The molecule has 0 fully saturated rings. The fourth-order valence-electron chi connectivity index (χ4n) is 3.16. The molecule has 33 heavy (non-hydrogen) atoms. The first-order valence-electron chi connectivity index (χ1n) is 11.6. The predicted molar refractivity (Wildman–Crippen MR) is 125 cm³/mol. The summed E-state index contributed by atoms with van der Waals surface area (Å²) < 4.78 is 0. The maximum absolute atomic E-state index is 12.9. The van der Waals surface area contributed by atoms with Crippen LogP contribution in [0.3, 0.4) is 0 Å². The Labute approximate surface area is 196 Å². The summed E-state index contributed by atoms with van der Waals surface area (Å²) in [5, 5.41) is 27.0. The van der Waals surface area contributed by atoms with Gasteiger partial charge in [0.2, 0.25) is 17.7 Å². The Morgan fingerprint density at radius 2 is 1.45 bits per heavy atom. The monoisotopic (exact) mass is 473 g/mol. The topological polar surface area (TPSA) is 197 Å². The smallest absolute Gasteiger partial charge is 0.326 e. The van der Waals surface area contributed by atoms with E-state index in [9.17, 15) is 29.4 Å². The maximum Gasteiger partial charge on any atom is 0.326 e. The van der Waals surface area contributed by atoms with Crippen molar-refractivity contribution < 1.29 is 29.4 Å². The van der Waals surface area contributed by atoms with Crippen molar-refractivity contribution in [3.8, 4) is 0 Å². The summed E-state index contributed by atoms with van der Waals surface area (Å²) in [4.78, 5) is 49.7. The molecule has 0 aliphatic carbocycles. The van der Waals surface area contributed by atoms with Gasteiger partial charge in [-0.3, -0.25) is 14.4 Å². The Morgan fingerprint density at radius 3 is 1.91 bits per heavy atom. The standard InChI is InChI=1S/C22H43N5O6/c1-6-13(4)17(24)20(30)27-18(14(5)28)21(31)25-15(9-7-8-10-23)19(29)26-16(22(32)33)11-12(2)3/h12-18,28H,6-11,23-24H2,1-5H3,(H,25,31)(H,26,29)(H,27,30)(H,32,33). The third kappa shape index (κ3) is 11.4. The number of hydrogen-bond acceptors (Lipinski definition) is 7. The van der Waals surface area contributed by atoms with Gasteiger partial charge in [-0.15, -0.1) is 0 Å². The van der Waals surface area contributed by atoms with Crippen LogP contribution >= 0.6 is 0 Å². The molecule has 6 atom stereocenters. The average molecular weight is 474 g/mol. The molecule has 0 aromatic carbocycles. The van der Waals surface area contributed by atoms with Gasteiger partial charge in [0.25, 0.3) is 0 Å². The van der Waals surface area contributed by atoms with Gasteiger partial charge in [-0.05, 0) is 51.0 Å². The molecule has 3 amide bonds. The molecule has 0 rings (SSSR count). The van der Waals surface area contributed by atoms with Gasteiger partial charge in [0, 0.05) is 0 Å². The molecule has 0 saturated heterocycles. The number of carbonyl (C=O) groups is 4. The molecule has 11 heteroatoms. The largest absolute Gasteiger partial charge is 0.480 e. The highest BCUT2D eigenvalue weighted by atomic mass is 16.4. The van der Waals surface area contributed by atoms with Crippen molar-refractivity contribution in [3.63, 3.8) is 0 Å². The zero-order valence-corrected chi connectivity index (χ0v) is 20.5. The van der Waals surface area contributed by atoms with Gasteiger partial charge < -0.3 is 37.6 Å². The second-order valence-electron chi connectivity index (χ2n) is 9.01. The van der Waals surface area contributed by atoms with Crippen LogP contribution in [0.4, 0.5) is 0 Å². The number of aliphatic hydroxyl groups is 1. The van der Waals surface area contributed by atoms with Crippen molar-refractivity contribution in [1.82, 2.24) is 16.0 Å². The van der Waals surface area contributed by atoms with Gasteiger partial charge in [-0.25, -0.2) is 4.79 Å².